The molecule has 0 unspecified atom stereocenters. The summed E-state index contributed by atoms with van der Waals surface area (Å²) in [6.07, 6.45) is 6.04. The second-order valence-corrected chi connectivity index (χ2v) is 5.60. The molecular formula is C13H21ClN4O. The molecular weight excluding hydrogens is 264 g/mol. The molecule has 0 bridgehead atoms. The first kappa shape index (κ1) is 14.3. The molecule has 0 atom stereocenters. The van der Waals surface area contributed by atoms with Gasteiger partial charge in [-0.3, -0.25) is 4.79 Å². The summed E-state index contributed by atoms with van der Waals surface area (Å²) in [5, 5.41) is 4.56. The minimum Gasteiger partial charge on any atom is -0.369 e. The van der Waals surface area contributed by atoms with Crippen LogP contribution in [0.4, 0.5) is 5.69 Å². The molecule has 1 aliphatic rings. The predicted molar refractivity (Wildman–Crippen MR) is 77.8 cm³/mol. The number of aromatic nitrogens is 2. The average Bonchev–Trinajstić information content (AvgIpc) is 2.33. The van der Waals surface area contributed by atoms with Crippen molar-refractivity contribution in [2.24, 2.45) is 11.7 Å². The Balaban J connectivity index is 2.20. The Hall–Kier alpha value is -1.07. The molecule has 0 radical (unpaired) electrons. The molecule has 6 heteroatoms. The molecule has 19 heavy (non-hydrogen) atoms. The number of halogens is 1. The van der Waals surface area contributed by atoms with Crippen molar-refractivity contribution in [3.05, 3.63) is 21.6 Å². The van der Waals surface area contributed by atoms with Gasteiger partial charge in [0.25, 0.3) is 5.56 Å². The fraction of sp³-hybridized carbons (Fsp3) is 0.692. The number of rotatable bonds is 6. The number of nitrogens with zero attached hydrogens (tertiary/aromatic N) is 3. The third kappa shape index (κ3) is 3.28. The molecule has 1 aromatic rings. The molecule has 0 aliphatic heterocycles. The van der Waals surface area contributed by atoms with Crippen LogP contribution >= 0.6 is 11.6 Å². The Morgan fingerprint density at radius 2 is 2.32 bits per heavy atom. The summed E-state index contributed by atoms with van der Waals surface area (Å²) in [5.41, 5.74) is 5.93. The monoisotopic (exact) mass is 284 g/mol. The maximum Gasteiger partial charge on any atom is 0.291 e. The van der Waals surface area contributed by atoms with E-state index in [1.807, 2.05) is 11.9 Å². The van der Waals surface area contributed by atoms with E-state index < -0.39 is 0 Å². The van der Waals surface area contributed by atoms with Gasteiger partial charge in [-0.15, -0.1) is 0 Å². The van der Waals surface area contributed by atoms with Crippen molar-refractivity contribution in [3.63, 3.8) is 0 Å². The van der Waals surface area contributed by atoms with Crippen molar-refractivity contribution in [1.29, 1.82) is 0 Å². The Kier molecular flexibility index (Phi) is 4.82. The molecule has 1 saturated carbocycles. The van der Waals surface area contributed by atoms with E-state index >= 15 is 0 Å². The zero-order chi connectivity index (χ0) is 13.8. The number of nitrogens with two attached hydrogens (primary N) is 1. The molecule has 0 amide bonds. The minimum absolute atomic E-state index is 0.0982. The molecule has 106 valence electrons. The SMILES string of the molecule is CN(CCCN)c1c(Cl)cnn(CC2CCC2)c1=O. The Morgan fingerprint density at radius 1 is 1.58 bits per heavy atom. The summed E-state index contributed by atoms with van der Waals surface area (Å²) >= 11 is 6.11. The quantitative estimate of drug-likeness (QED) is 0.859. The van der Waals surface area contributed by atoms with Gasteiger partial charge in [-0.2, -0.15) is 5.10 Å². The van der Waals surface area contributed by atoms with Gasteiger partial charge >= 0.3 is 0 Å². The van der Waals surface area contributed by atoms with Gasteiger partial charge < -0.3 is 10.6 Å². The second-order valence-electron chi connectivity index (χ2n) is 5.19. The van der Waals surface area contributed by atoms with Crippen molar-refractivity contribution < 1.29 is 0 Å². The highest BCUT2D eigenvalue weighted by Crippen LogP contribution is 2.27. The predicted octanol–water partition coefficient (Wildman–Crippen LogP) is 1.48. The van der Waals surface area contributed by atoms with Crippen molar-refractivity contribution in [2.75, 3.05) is 25.0 Å². The van der Waals surface area contributed by atoms with E-state index in [2.05, 4.69) is 5.10 Å². The van der Waals surface area contributed by atoms with E-state index in [0.29, 0.717) is 29.7 Å². The highest BCUT2D eigenvalue weighted by Gasteiger charge is 2.21. The summed E-state index contributed by atoms with van der Waals surface area (Å²) in [4.78, 5) is 14.3. The number of anilines is 1. The first-order valence-electron chi connectivity index (χ1n) is 6.80. The van der Waals surface area contributed by atoms with E-state index in [1.165, 1.54) is 19.3 Å². The van der Waals surface area contributed by atoms with Crippen LogP contribution in [0.2, 0.25) is 5.02 Å². The van der Waals surface area contributed by atoms with Crippen LogP contribution in [0, 0.1) is 5.92 Å². The zero-order valence-electron chi connectivity index (χ0n) is 11.3. The van der Waals surface area contributed by atoms with E-state index in [0.717, 1.165) is 13.0 Å². The zero-order valence-corrected chi connectivity index (χ0v) is 12.1. The molecule has 5 nitrogen and oxygen atoms in total. The molecule has 0 aromatic carbocycles. The third-order valence-electron chi connectivity index (χ3n) is 3.71. The number of hydrogen-bond donors (Lipinski definition) is 1. The third-order valence-corrected chi connectivity index (χ3v) is 3.99. The first-order valence-corrected chi connectivity index (χ1v) is 7.18. The van der Waals surface area contributed by atoms with Crippen LogP contribution in [0.25, 0.3) is 0 Å². The highest BCUT2D eigenvalue weighted by molar-refractivity contribution is 6.33. The number of hydrogen-bond acceptors (Lipinski definition) is 4. The molecule has 2 N–H and O–H groups in total. The van der Waals surface area contributed by atoms with Crippen molar-refractivity contribution in [3.8, 4) is 0 Å². The Bertz CT molecular complexity index is 484. The van der Waals surface area contributed by atoms with E-state index in [9.17, 15) is 4.79 Å². The van der Waals surface area contributed by atoms with Crippen LogP contribution in [0.5, 0.6) is 0 Å². The van der Waals surface area contributed by atoms with Crippen LogP contribution in [0.3, 0.4) is 0 Å². The van der Waals surface area contributed by atoms with Gasteiger partial charge in [-0.25, -0.2) is 4.68 Å². The van der Waals surface area contributed by atoms with E-state index in [1.54, 1.807) is 10.9 Å². The molecule has 0 spiro atoms. The smallest absolute Gasteiger partial charge is 0.291 e. The van der Waals surface area contributed by atoms with Crippen LogP contribution in [-0.4, -0.2) is 29.9 Å². The van der Waals surface area contributed by atoms with E-state index in [-0.39, 0.29) is 5.56 Å². The first-order chi connectivity index (χ1) is 9.13. The van der Waals surface area contributed by atoms with Gasteiger partial charge in [-0.1, -0.05) is 18.0 Å². The lowest BCUT2D eigenvalue weighted by molar-refractivity contribution is 0.262. The van der Waals surface area contributed by atoms with Crippen molar-refractivity contribution in [1.82, 2.24) is 9.78 Å². The van der Waals surface area contributed by atoms with Gasteiger partial charge in [0.15, 0.2) is 0 Å². The Morgan fingerprint density at radius 3 is 2.89 bits per heavy atom. The van der Waals surface area contributed by atoms with Crippen LogP contribution in [0.1, 0.15) is 25.7 Å². The van der Waals surface area contributed by atoms with E-state index in [4.69, 9.17) is 17.3 Å². The lowest BCUT2D eigenvalue weighted by Gasteiger charge is -2.26. The molecule has 1 aromatic heterocycles. The maximum atomic E-state index is 12.4. The summed E-state index contributed by atoms with van der Waals surface area (Å²) in [6, 6.07) is 0. The minimum atomic E-state index is -0.0982. The van der Waals surface area contributed by atoms with Crippen LogP contribution in [0.15, 0.2) is 11.0 Å². The largest absolute Gasteiger partial charge is 0.369 e. The molecule has 1 fully saturated rings. The summed E-state index contributed by atoms with van der Waals surface area (Å²) in [5.74, 6) is 0.591. The highest BCUT2D eigenvalue weighted by atomic mass is 35.5. The van der Waals surface area contributed by atoms with Crippen LogP contribution < -0.4 is 16.2 Å². The molecule has 2 rings (SSSR count). The summed E-state index contributed by atoms with van der Waals surface area (Å²) < 4.78 is 1.55. The van der Waals surface area contributed by atoms with Crippen LogP contribution in [-0.2, 0) is 6.54 Å². The normalized spacial score (nSPS) is 15.3. The standard InChI is InChI=1S/C13H21ClN4O/c1-17(7-3-6-15)12-11(14)8-16-18(13(12)19)9-10-4-2-5-10/h8,10H,2-7,9,15H2,1H3. The maximum absolute atomic E-state index is 12.4. The Labute approximate surface area is 118 Å². The van der Waals surface area contributed by atoms with Gasteiger partial charge in [0, 0.05) is 20.1 Å². The van der Waals surface area contributed by atoms with Gasteiger partial charge in [0.2, 0.25) is 0 Å². The lowest BCUT2D eigenvalue weighted by Crippen LogP contribution is -2.34. The van der Waals surface area contributed by atoms with Gasteiger partial charge in [0.05, 0.1) is 11.2 Å². The average molecular weight is 285 g/mol. The molecule has 0 saturated heterocycles. The van der Waals surface area contributed by atoms with Gasteiger partial charge in [0.1, 0.15) is 5.69 Å². The molecule has 1 aliphatic carbocycles. The summed E-state index contributed by atoms with van der Waals surface area (Å²) in [6.45, 7) is 2.02. The summed E-state index contributed by atoms with van der Waals surface area (Å²) in [7, 11) is 1.87. The van der Waals surface area contributed by atoms with Gasteiger partial charge in [-0.05, 0) is 31.7 Å². The second kappa shape index (κ2) is 6.39. The van der Waals surface area contributed by atoms with Crippen molar-refractivity contribution >= 4 is 17.3 Å². The fourth-order valence-electron chi connectivity index (χ4n) is 2.29. The fourth-order valence-corrected chi connectivity index (χ4v) is 2.56. The molecule has 1 heterocycles. The van der Waals surface area contributed by atoms with Crippen molar-refractivity contribution in [2.45, 2.75) is 32.2 Å². The topological polar surface area (TPSA) is 64.2 Å². The lowest BCUT2D eigenvalue weighted by atomic mass is 9.85.